The van der Waals surface area contributed by atoms with Crippen molar-refractivity contribution in [3.05, 3.63) is 30.5 Å². The highest BCUT2D eigenvalue weighted by molar-refractivity contribution is 5.90. The zero-order valence-corrected chi connectivity index (χ0v) is 11.3. The van der Waals surface area contributed by atoms with E-state index in [0.717, 1.165) is 23.1 Å². The summed E-state index contributed by atoms with van der Waals surface area (Å²) in [6.07, 6.45) is 4.18. The van der Waals surface area contributed by atoms with Gasteiger partial charge in [0.25, 0.3) is 0 Å². The number of anilines is 1. The second-order valence-electron chi connectivity index (χ2n) is 5.13. The minimum atomic E-state index is 0.517. The fourth-order valence-corrected chi connectivity index (χ4v) is 2.72. The summed E-state index contributed by atoms with van der Waals surface area (Å²) in [5.41, 5.74) is 0. The number of piperidine rings is 1. The predicted molar refractivity (Wildman–Crippen MR) is 78.3 cm³/mol. The molecular weight excluding hydrogens is 236 g/mol. The monoisotopic (exact) mass is 256 g/mol. The molecule has 1 fully saturated rings. The van der Waals surface area contributed by atoms with Crippen molar-refractivity contribution in [2.45, 2.75) is 25.8 Å². The lowest BCUT2D eigenvalue weighted by molar-refractivity contribution is 0.229. The summed E-state index contributed by atoms with van der Waals surface area (Å²) in [6.45, 7) is 5.73. The van der Waals surface area contributed by atoms with Crippen molar-refractivity contribution in [3.63, 3.8) is 0 Å². The van der Waals surface area contributed by atoms with Crippen molar-refractivity contribution in [2.24, 2.45) is 0 Å². The lowest BCUT2D eigenvalue weighted by atomic mass is 10.0. The quantitative estimate of drug-likeness (QED) is 0.916. The standard InChI is InChI=1S/C15H20N4/c1-2-19-9-7-13(8-10-19)17-15-14-6-4-3-5-12(14)11-16-18-15/h3-6,11,13H,2,7-10H2,1H3,(H,17,18). The van der Waals surface area contributed by atoms with Gasteiger partial charge in [0, 0.05) is 29.9 Å². The first-order valence-electron chi connectivity index (χ1n) is 7.06. The molecule has 100 valence electrons. The summed E-state index contributed by atoms with van der Waals surface area (Å²) in [7, 11) is 0. The molecule has 1 aliphatic heterocycles. The van der Waals surface area contributed by atoms with Crippen LogP contribution in [0.25, 0.3) is 10.8 Å². The van der Waals surface area contributed by atoms with Gasteiger partial charge in [-0.2, -0.15) is 5.10 Å². The van der Waals surface area contributed by atoms with E-state index < -0.39 is 0 Å². The van der Waals surface area contributed by atoms with E-state index in [0.29, 0.717) is 6.04 Å². The molecule has 1 aromatic carbocycles. The molecule has 0 unspecified atom stereocenters. The highest BCUT2D eigenvalue weighted by Gasteiger charge is 2.18. The van der Waals surface area contributed by atoms with Crippen molar-refractivity contribution >= 4 is 16.6 Å². The third-order valence-corrected chi connectivity index (χ3v) is 3.95. The van der Waals surface area contributed by atoms with Crippen LogP contribution in [0.3, 0.4) is 0 Å². The summed E-state index contributed by atoms with van der Waals surface area (Å²) in [5, 5.41) is 14.2. The Morgan fingerprint density at radius 3 is 2.84 bits per heavy atom. The molecule has 1 aliphatic rings. The Labute approximate surface area is 113 Å². The van der Waals surface area contributed by atoms with Crippen LogP contribution in [0.4, 0.5) is 5.82 Å². The molecule has 0 spiro atoms. The van der Waals surface area contributed by atoms with Crippen LogP contribution in [0, 0.1) is 0 Å². The van der Waals surface area contributed by atoms with Crippen LogP contribution in [-0.4, -0.2) is 40.8 Å². The predicted octanol–water partition coefficient (Wildman–Crippen LogP) is 2.53. The van der Waals surface area contributed by atoms with Crippen molar-refractivity contribution in [1.29, 1.82) is 0 Å². The number of benzene rings is 1. The van der Waals surface area contributed by atoms with Gasteiger partial charge in [-0.3, -0.25) is 0 Å². The first-order valence-corrected chi connectivity index (χ1v) is 7.06. The molecule has 0 atom stereocenters. The molecule has 3 rings (SSSR count). The van der Waals surface area contributed by atoms with Crippen LogP contribution in [0.15, 0.2) is 30.5 Å². The Morgan fingerprint density at radius 1 is 1.26 bits per heavy atom. The van der Waals surface area contributed by atoms with Gasteiger partial charge in [-0.05, 0) is 19.4 Å². The largest absolute Gasteiger partial charge is 0.365 e. The van der Waals surface area contributed by atoms with Gasteiger partial charge in [-0.15, -0.1) is 5.10 Å². The number of fused-ring (bicyclic) bond motifs is 1. The first kappa shape index (κ1) is 12.4. The first-order chi connectivity index (χ1) is 9.36. The molecule has 1 aromatic heterocycles. The molecule has 19 heavy (non-hydrogen) atoms. The van der Waals surface area contributed by atoms with Crippen molar-refractivity contribution < 1.29 is 0 Å². The second kappa shape index (κ2) is 5.53. The number of hydrogen-bond acceptors (Lipinski definition) is 4. The normalized spacial score (nSPS) is 17.7. The van der Waals surface area contributed by atoms with E-state index >= 15 is 0 Å². The number of aromatic nitrogens is 2. The lowest BCUT2D eigenvalue weighted by Gasteiger charge is -2.31. The Hall–Kier alpha value is -1.68. The van der Waals surface area contributed by atoms with E-state index in [2.05, 4.69) is 45.5 Å². The average molecular weight is 256 g/mol. The maximum Gasteiger partial charge on any atom is 0.156 e. The van der Waals surface area contributed by atoms with Gasteiger partial charge in [-0.1, -0.05) is 31.2 Å². The minimum absolute atomic E-state index is 0.517. The van der Waals surface area contributed by atoms with Crippen LogP contribution in [0.2, 0.25) is 0 Å². The SMILES string of the molecule is CCN1CCC(Nc2nncc3ccccc23)CC1. The van der Waals surface area contributed by atoms with Crippen LogP contribution in [0.5, 0.6) is 0 Å². The van der Waals surface area contributed by atoms with Crippen LogP contribution in [0.1, 0.15) is 19.8 Å². The fraction of sp³-hybridized carbons (Fsp3) is 0.467. The molecule has 4 heteroatoms. The number of likely N-dealkylation sites (tertiary alicyclic amines) is 1. The minimum Gasteiger partial charge on any atom is -0.365 e. The lowest BCUT2D eigenvalue weighted by Crippen LogP contribution is -2.39. The molecule has 4 nitrogen and oxygen atoms in total. The molecule has 0 saturated carbocycles. The Morgan fingerprint density at radius 2 is 2.05 bits per heavy atom. The molecule has 1 saturated heterocycles. The zero-order valence-electron chi connectivity index (χ0n) is 11.3. The summed E-state index contributed by atoms with van der Waals surface area (Å²) in [5.74, 6) is 0.924. The van der Waals surface area contributed by atoms with Gasteiger partial charge < -0.3 is 10.2 Å². The van der Waals surface area contributed by atoms with E-state index in [9.17, 15) is 0 Å². The van der Waals surface area contributed by atoms with Crippen molar-refractivity contribution in [2.75, 3.05) is 25.0 Å². The third-order valence-electron chi connectivity index (χ3n) is 3.95. The van der Waals surface area contributed by atoms with Crippen LogP contribution in [-0.2, 0) is 0 Å². The van der Waals surface area contributed by atoms with E-state index in [-0.39, 0.29) is 0 Å². The van der Waals surface area contributed by atoms with Gasteiger partial charge in [0.05, 0.1) is 6.20 Å². The number of hydrogen-bond donors (Lipinski definition) is 1. The number of nitrogens with one attached hydrogen (secondary N) is 1. The fourth-order valence-electron chi connectivity index (χ4n) is 2.72. The Kier molecular flexibility index (Phi) is 3.60. The van der Waals surface area contributed by atoms with Gasteiger partial charge >= 0.3 is 0 Å². The number of rotatable bonds is 3. The van der Waals surface area contributed by atoms with E-state index in [1.165, 1.54) is 25.9 Å². The van der Waals surface area contributed by atoms with Crippen LogP contribution < -0.4 is 5.32 Å². The van der Waals surface area contributed by atoms with Gasteiger partial charge in [0.15, 0.2) is 5.82 Å². The highest BCUT2D eigenvalue weighted by atomic mass is 15.2. The molecule has 2 heterocycles. The van der Waals surface area contributed by atoms with Crippen LogP contribution >= 0.6 is 0 Å². The molecule has 0 radical (unpaired) electrons. The molecule has 0 bridgehead atoms. The van der Waals surface area contributed by atoms with Crippen molar-refractivity contribution in [1.82, 2.24) is 15.1 Å². The van der Waals surface area contributed by atoms with Gasteiger partial charge in [0.1, 0.15) is 0 Å². The van der Waals surface area contributed by atoms with E-state index in [1.54, 1.807) is 0 Å². The highest BCUT2D eigenvalue weighted by Crippen LogP contribution is 2.22. The third kappa shape index (κ3) is 2.68. The summed E-state index contributed by atoms with van der Waals surface area (Å²) < 4.78 is 0. The maximum atomic E-state index is 4.27. The summed E-state index contributed by atoms with van der Waals surface area (Å²) >= 11 is 0. The van der Waals surface area contributed by atoms with E-state index in [1.807, 2.05) is 12.3 Å². The van der Waals surface area contributed by atoms with Gasteiger partial charge in [-0.25, -0.2) is 0 Å². The summed E-state index contributed by atoms with van der Waals surface area (Å²) in [6, 6.07) is 8.79. The molecular formula is C15H20N4. The summed E-state index contributed by atoms with van der Waals surface area (Å²) in [4.78, 5) is 2.49. The van der Waals surface area contributed by atoms with E-state index in [4.69, 9.17) is 0 Å². The smallest absolute Gasteiger partial charge is 0.156 e. The molecule has 0 amide bonds. The second-order valence-corrected chi connectivity index (χ2v) is 5.13. The maximum absolute atomic E-state index is 4.27. The Balaban J connectivity index is 1.75. The zero-order chi connectivity index (χ0) is 13.1. The molecule has 2 aromatic rings. The molecule has 1 N–H and O–H groups in total. The average Bonchev–Trinajstić information content (AvgIpc) is 2.48. The number of nitrogens with zero attached hydrogens (tertiary/aromatic N) is 3. The van der Waals surface area contributed by atoms with Crippen molar-refractivity contribution in [3.8, 4) is 0 Å². The molecule has 0 aliphatic carbocycles. The topological polar surface area (TPSA) is 41.0 Å². The Bertz CT molecular complexity index is 541. The van der Waals surface area contributed by atoms with Gasteiger partial charge in [0.2, 0.25) is 0 Å².